The minimum atomic E-state index is -0.604. The Balaban J connectivity index is 1.63. The Hall–Kier alpha value is -4.04. The summed E-state index contributed by atoms with van der Waals surface area (Å²) < 4.78 is 21.6. The third-order valence-corrected chi connectivity index (χ3v) is 7.31. The number of halogens is 1. The van der Waals surface area contributed by atoms with E-state index in [0.29, 0.717) is 23.8 Å². The van der Waals surface area contributed by atoms with Crippen molar-refractivity contribution in [2.24, 2.45) is 0 Å². The molecule has 0 aliphatic carbocycles. The standard InChI is InChI=1S/C30H30FN5OS/c1-4-18-14-23(27(31)25(15-18)37-5-2)28(35-20-10-11-21-19(16-20)12-13-33-29(21)32)30-34-17-24(36-30)22-8-6-7-9-26(22)38-3/h6-17,28,35H,4-5H2,1-3H3,(H2,32,33)(H,34,36). The molecule has 0 saturated carbocycles. The average Bonchev–Trinajstić information content (AvgIpc) is 3.43. The lowest BCUT2D eigenvalue weighted by Crippen LogP contribution is -2.17. The van der Waals surface area contributed by atoms with Crippen molar-refractivity contribution >= 4 is 34.0 Å². The number of hydrogen-bond acceptors (Lipinski definition) is 6. The first-order valence-corrected chi connectivity index (χ1v) is 13.8. The normalized spacial score (nSPS) is 12.0. The molecule has 0 fully saturated rings. The Bertz CT molecular complexity index is 1580. The molecule has 1 atom stereocenters. The fourth-order valence-corrected chi connectivity index (χ4v) is 5.20. The largest absolute Gasteiger partial charge is 0.491 e. The maximum Gasteiger partial charge on any atom is 0.170 e. The van der Waals surface area contributed by atoms with Crippen molar-refractivity contribution in [1.29, 1.82) is 0 Å². The van der Waals surface area contributed by atoms with E-state index in [4.69, 9.17) is 15.5 Å². The number of thioether (sulfide) groups is 1. The highest BCUT2D eigenvalue weighted by molar-refractivity contribution is 7.98. The number of ether oxygens (including phenoxy) is 1. The number of aryl methyl sites for hydroxylation is 1. The van der Waals surface area contributed by atoms with Crippen molar-refractivity contribution < 1.29 is 9.13 Å². The van der Waals surface area contributed by atoms with E-state index in [2.05, 4.69) is 27.4 Å². The highest BCUT2D eigenvalue weighted by atomic mass is 32.2. The molecule has 0 spiro atoms. The van der Waals surface area contributed by atoms with Crippen LogP contribution in [0.5, 0.6) is 5.75 Å². The maximum atomic E-state index is 15.9. The van der Waals surface area contributed by atoms with Gasteiger partial charge in [0.05, 0.1) is 18.5 Å². The number of benzene rings is 3. The van der Waals surface area contributed by atoms with Crippen LogP contribution in [0.2, 0.25) is 0 Å². The van der Waals surface area contributed by atoms with Crippen molar-refractivity contribution in [3.63, 3.8) is 0 Å². The number of nitrogen functional groups attached to an aromatic ring is 1. The molecule has 2 aromatic heterocycles. The lowest BCUT2D eigenvalue weighted by molar-refractivity contribution is 0.319. The third-order valence-electron chi connectivity index (χ3n) is 6.52. The van der Waals surface area contributed by atoms with Gasteiger partial charge in [-0.1, -0.05) is 31.2 Å². The Morgan fingerprint density at radius 3 is 2.71 bits per heavy atom. The van der Waals surface area contributed by atoms with Gasteiger partial charge >= 0.3 is 0 Å². The van der Waals surface area contributed by atoms with Crippen molar-refractivity contribution in [1.82, 2.24) is 15.0 Å². The third kappa shape index (κ3) is 5.04. The first kappa shape index (κ1) is 25.6. The SMILES string of the molecule is CCOc1cc(CC)cc(C(Nc2ccc3c(N)nccc3c2)c2ncc(-c3ccccc3SC)[nH]2)c1F. The summed E-state index contributed by atoms with van der Waals surface area (Å²) in [6.45, 7) is 4.27. The number of imidazole rings is 1. The van der Waals surface area contributed by atoms with Gasteiger partial charge in [0.1, 0.15) is 17.7 Å². The number of H-pyrrole nitrogens is 1. The average molecular weight is 528 g/mol. The molecule has 0 bridgehead atoms. The molecule has 1 unspecified atom stereocenters. The topological polar surface area (TPSA) is 88.8 Å². The number of hydrogen-bond donors (Lipinski definition) is 3. The van der Waals surface area contributed by atoms with Crippen LogP contribution in [0.1, 0.15) is 36.8 Å². The van der Waals surface area contributed by atoms with Gasteiger partial charge in [0.25, 0.3) is 0 Å². The number of aromatic amines is 1. The predicted octanol–water partition coefficient (Wildman–Crippen LogP) is 7.23. The van der Waals surface area contributed by atoms with E-state index < -0.39 is 11.9 Å². The number of fused-ring (bicyclic) bond motifs is 1. The molecule has 5 rings (SSSR count). The summed E-state index contributed by atoms with van der Waals surface area (Å²) in [4.78, 5) is 13.5. The van der Waals surface area contributed by atoms with Crippen LogP contribution in [0, 0.1) is 5.82 Å². The van der Waals surface area contributed by atoms with Gasteiger partial charge in [-0.25, -0.2) is 14.4 Å². The van der Waals surface area contributed by atoms with Gasteiger partial charge in [-0.3, -0.25) is 0 Å². The molecule has 6 nitrogen and oxygen atoms in total. The number of nitrogens with zero attached hydrogens (tertiary/aromatic N) is 2. The summed E-state index contributed by atoms with van der Waals surface area (Å²) in [5.74, 6) is 0.903. The minimum Gasteiger partial charge on any atom is -0.491 e. The molecule has 0 aliphatic heterocycles. The lowest BCUT2D eigenvalue weighted by Gasteiger charge is -2.22. The van der Waals surface area contributed by atoms with Gasteiger partial charge in [-0.05, 0) is 66.9 Å². The molecular weight excluding hydrogens is 497 g/mol. The number of nitrogens with two attached hydrogens (primary N) is 1. The van der Waals surface area contributed by atoms with E-state index in [1.165, 1.54) is 0 Å². The monoisotopic (exact) mass is 527 g/mol. The van der Waals surface area contributed by atoms with Crippen LogP contribution in [-0.4, -0.2) is 27.8 Å². The van der Waals surface area contributed by atoms with Gasteiger partial charge in [0.2, 0.25) is 0 Å². The van der Waals surface area contributed by atoms with E-state index in [9.17, 15) is 0 Å². The number of nitrogens with one attached hydrogen (secondary N) is 2. The second-order valence-electron chi connectivity index (χ2n) is 8.88. The summed E-state index contributed by atoms with van der Waals surface area (Å²) in [6, 6.07) is 18.9. The molecule has 4 N–H and O–H groups in total. The molecule has 3 aromatic carbocycles. The van der Waals surface area contributed by atoms with Crippen LogP contribution in [0.3, 0.4) is 0 Å². The van der Waals surface area contributed by atoms with Crippen LogP contribution in [0.25, 0.3) is 22.0 Å². The summed E-state index contributed by atoms with van der Waals surface area (Å²) in [5.41, 5.74) is 10.2. The molecular formula is C30H30FN5OS. The summed E-state index contributed by atoms with van der Waals surface area (Å²) in [5, 5.41) is 5.32. The Labute approximate surface area is 225 Å². The van der Waals surface area contributed by atoms with Crippen LogP contribution in [0.4, 0.5) is 15.9 Å². The number of rotatable bonds is 9. The van der Waals surface area contributed by atoms with Gasteiger partial charge in [-0.2, -0.15) is 0 Å². The van der Waals surface area contributed by atoms with Gasteiger partial charge in [-0.15, -0.1) is 11.8 Å². The van der Waals surface area contributed by atoms with E-state index in [1.54, 1.807) is 30.2 Å². The van der Waals surface area contributed by atoms with Crippen molar-refractivity contribution in [3.05, 3.63) is 95.8 Å². The smallest absolute Gasteiger partial charge is 0.170 e. The summed E-state index contributed by atoms with van der Waals surface area (Å²) in [6.07, 6.45) is 6.27. The van der Waals surface area contributed by atoms with Crippen LogP contribution >= 0.6 is 11.8 Å². The molecule has 194 valence electrons. The second kappa shape index (κ2) is 11.1. The zero-order chi connectivity index (χ0) is 26.6. The molecule has 0 aliphatic rings. The Kier molecular flexibility index (Phi) is 7.51. The second-order valence-corrected chi connectivity index (χ2v) is 9.72. The number of anilines is 2. The zero-order valence-corrected chi connectivity index (χ0v) is 22.4. The number of aromatic nitrogens is 3. The van der Waals surface area contributed by atoms with Crippen molar-refractivity contribution in [2.75, 3.05) is 23.9 Å². The van der Waals surface area contributed by atoms with E-state index in [0.717, 1.165) is 44.6 Å². The predicted molar refractivity (Wildman–Crippen MR) is 154 cm³/mol. The van der Waals surface area contributed by atoms with Crippen LogP contribution in [-0.2, 0) is 6.42 Å². The zero-order valence-electron chi connectivity index (χ0n) is 21.6. The van der Waals surface area contributed by atoms with E-state index in [-0.39, 0.29) is 5.75 Å². The Morgan fingerprint density at radius 2 is 1.92 bits per heavy atom. The Morgan fingerprint density at radius 1 is 1.08 bits per heavy atom. The van der Waals surface area contributed by atoms with E-state index >= 15 is 4.39 Å². The minimum absolute atomic E-state index is 0.241. The molecule has 2 heterocycles. The molecule has 0 radical (unpaired) electrons. The lowest BCUT2D eigenvalue weighted by atomic mass is 9.99. The molecule has 0 saturated heterocycles. The van der Waals surface area contributed by atoms with Crippen molar-refractivity contribution in [3.8, 4) is 17.0 Å². The first-order valence-electron chi connectivity index (χ1n) is 12.6. The fraction of sp³-hybridized carbons (Fsp3) is 0.200. The number of pyridine rings is 1. The summed E-state index contributed by atoms with van der Waals surface area (Å²) in [7, 11) is 0. The quantitative estimate of drug-likeness (QED) is 0.175. The van der Waals surface area contributed by atoms with Crippen LogP contribution < -0.4 is 15.8 Å². The molecule has 0 amide bonds. The molecule has 38 heavy (non-hydrogen) atoms. The molecule has 8 heteroatoms. The van der Waals surface area contributed by atoms with Gasteiger partial charge in [0.15, 0.2) is 11.6 Å². The van der Waals surface area contributed by atoms with Crippen molar-refractivity contribution in [2.45, 2.75) is 31.2 Å². The summed E-state index contributed by atoms with van der Waals surface area (Å²) >= 11 is 1.67. The first-order chi connectivity index (χ1) is 18.5. The highest BCUT2D eigenvalue weighted by Crippen LogP contribution is 2.36. The fourth-order valence-electron chi connectivity index (χ4n) is 4.59. The van der Waals surface area contributed by atoms with Crippen LogP contribution in [0.15, 0.2) is 78.0 Å². The van der Waals surface area contributed by atoms with Gasteiger partial charge < -0.3 is 20.8 Å². The van der Waals surface area contributed by atoms with Gasteiger partial charge in [0, 0.05) is 33.3 Å². The van der Waals surface area contributed by atoms with E-state index in [1.807, 2.05) is 62.6 Å². The molecule has 5 aromatic rings. The maximum absolute atomic E-state index is 15.9. The highest BCUT2D eigenvalue weighted by Gasteiger charge is 2.25.